The lowest BCUT2D eigenvalue weighted by molar-refractivity contribution is 0.0690. The molecule has 1 aromatic carbocycles. The molecule has 1 heterocycles. The van der Waals surface area contributed by atoms with Crippen LogP contribution in [-0.4, -0.2) is 20.9 Å². The molecule has 0 atom stereocenters. The number of carboxylic acid groups (broad SMARTS) is 1. The molecule has 0 amide bonds. The maximum Gasteiger partial charge on any atom is 0.356 e. The lowest BCUT2D eigenvalue weighted by atomic mass is 10.2. The van der Waals surface area contributed by atoms with Crippen LogP contribution in [0.5, 0.6) is 0 Å². The van der Waals surface area contributed by atoms with E-state index in [-0.39, 0.29) is 5.69 Å². The number of aromatic carboxylic acids is 1. The Morgan fingerprint density at radius 1 is 1.41 bits per heavy atom. The van der Waals surface area contributed by atoms with Crippen molar-refractivity contribution in [3.8, 4) is 5.69 Å². The van der Waals surface area contributed by atoms with E-state index >= 15 is 0 Å². The molecule has 0 bridgehead atoms. The molecule has 0 saturated heterocycles. The van der Waals surface area contributed by atoms with Gasteiger partial charge in [0.15, 0.2) is 5.69 Å². The van der Waals surface area contributed by atoms with Crippen molar-refractivity contribution >= 4 is 5.97 Å². The molecule has 4 heteroatoms. The van der Waals surface area contributed by atoms with E-state index in [2.05, 4.69) is 5.10 Å². The molecule has 1 N–H and O–H groups in total. The van der Waals surface area contributed by atoms with Crippen molar-refractivity contribution < 1.29 is 9.90 Å². The van der Waals surface area contributed by atoms with Crippen molar-refractivity contribution in [3.05, 3.63) is 47.3 Å². The fourth-order valence-corrected chi connectivity index (χ4v) is 1.76. The molecular formula is C13H14N2O2. The van der Waals surface area contributed by atoms with Crippen molar-refractivity contribution in [1.82, 2.24) is 9.78 Å². The molecule has 17 heavy (non-hydrogen) atoms. The topological polar surface area (TPSA) is 55.1 Å². The first-order valence-electron chi connectivity index (χ1n) is 5.51. The third-order valence-corrected chi connectivity index (χ3v) is 2.61. The smallest absolute Gasteiger partial charge is 0.356 e. The molecule has 4 nitrogen and oxygen atoms in total. The summed E-state index contributed by atoms with van der Waals surface area (Å²) < 4.78 is 1.69. The lowest BCUT2D eigenvalue weighted by Gasteiger charge is -2.06. The van der Waals surface area contributed by atoms with E-state index < -0.39 is 5.97 Å². The second-order valence-corrected chi connectivity index (χ2v) is 3.93. The highest BCUT2D eigenvalue weighted by Crippen LogP contribution is 2.14. The van der Waals surface area contributed by atoms with Gasteiger partial charge < -0.3 is 5.11 Å². The van der Waals surface area contributed by atoms with Crippen LogP contribution in [-0.2, 0) is 6.42 Å². The zero-order chi connectivity index (χ0) is 12.4. The minimum absolute atomic E-state index is 0.0864. The lowest BCUT2D eigenvalue weighted by Crippen LogP contribution is -2.03. The van der Waals surface area contributed by atoms with E-state index in [0.717, 1.165) is 23.4 Å². The molecule has 0 aliphatic heterocycles. The van der Waals surface area contributed by atoms with E-state index in [1.54, 1.807) is 10.7 Å². The van der Waals surface area contributed by atoms with Gasteiger partial charge in [0.25, 0.3) is 0 Å². The average Bonchev–Trinajstić information content (AvgIpc) is 2.73. The third-order valence-electron chi connectivity index (χ3n) is 2.61. The molecule has 0 spiro atoms. The number of carbonyl (C=O) groups is 1. The standard InChI is InChI=1S/C13H14N2O2/c1-3-10-8-12(13(16)17)14-15(10)11-6-4-5-9(2)7-11/h4-8H,3H2,1-2H3,(H,16,17). The van der Waals surface area contributed by atoms with Gasteiger partial charge >= 0.3 is 5.97 Å². The molecule has 1 aromatic heterocycles. The van der Waals surface area contributed by atoms with Crippen LogP contribution in [0.15, 0.2) is 30.3 Å². The van der Waals surface area contributed by atoms with Gasteiger partial charge in [-0.3, -0.25) is 0 Å². The highest BCUT2D eigenvalue weighted by molar-refractivity contribution is 5.85. The summed E-state index contributed by atoms with van der Waals surface area (Å²) in [6.45, 7) is 3.98. The van der Waals surface area contributed by atoms with Gasteiger partial charge in [0.05, 0.1) is 5.69 Å². The fourth-order valence-electron chi connectivity index (χ4n) is 1.76. The summed E-state index contributed by atoms with van der Waals surface area (Å²) in [6, 6.07) is 9.45. The van der Waals surface area contributed by atoms with Crippen LogP contribution in [0, 0.1) is 6.92 Å². The zero-order valence-electron chi connectivity index (χ0n) is 9.84. The molecule has 0 fully saturated rings. The molecule has 0 saturated carbocycles. The summed E-state index contributed by atoms with van der Waals surface area (Å²) in [6.07, 6.45) is 0.744. The van der Waals surface area contributed by atoms with Gasteiger partial charge in [-0.15, -0.1) is 0 Å². The monoisotopic (exact) mass is 230 g/mol. The predicted molar refractivity (Wildman–Crippen MR) is 64.6 cm³/mol. The Kier molecular flexibility index (Phi) is 2.95. The van der Waals surface area contributed by atoms with Gasteiger partial charge in [-0.05, 0) is 37.1 Å². The maximum atomic E-state index is 10.9. The SMILES string of the molecule is CCc1cc(C(=O)O)nn1-c1cccc(C)c1. The van der Waals surface area contributed by atoms with Gasteiger partial charge in [0, 0.05) is 5.69 Å². The van der Waals surface area contributed by atoms with Crippen molar-refractivity contribution in [2.45, 2.75) is 20.3 Å². The highest BCUT2D eigenvalue weighted by atomic mass is 16.4. The molecule has 2 aromatic rings. The van der Waals surface area contributed by atoms with E-state index in [1.165, 1.54) is 0 Å². The van der Waals surface area contributed by atoms with Crippen LogP contribution in [0.2, 0.25) is 0 Å². The molecule has 0 aliphatic rings. The molecule has 2 rings (SSSR count). The zero-order valence-corrected chi connectivity index (χ0v) is 9.84. The van der Waals surface area contributed by atoms with Gasteiger partial charge in [-0.25, -0.2) is 9.48 Å². The van der Waals surface area contributed by atoms with Crippen LogP contribution in [0.25, 0.3) is 5.69 Å². The number of benzene rings is 1. The third kappa shape index (κ3) is 2.20. The summed E-state index contributed by atoms with van der Waals surface area (Å²) in [5.74, 6) is -0.994. The number of aryl methyl sites for hydroxylation is 2. The van der Waals surface area contributed by atoms with E-state index in [4.69, 9.17) is 5.11 Å². The second kappa shape index (κ2) is 4.41. The Labute approximate surface area is 99.5 Å². The number of aromatic nitrogens is 2. The first kappa shape index (κ1) is 11.4. The first-order chi connectivity index (χ1) is 8.11. The summed E-state index contributed by atoms with van der Waals surface area (Å²) in [4.78, 5) is 10.9. The summed E-state index contributed by atoms with van der Waals surface area (Å²) >= 11 is 0. The number of rotatable bonds is 3. The molecule has 0 radical (unpaired) electrons. The molecule has 0 unspecified atom stereocenters. The molecular weight excluding hydrogens is 216 g/mol. The van der Waals surface area contributed by atoms with Gasteiger partial charge in [-0.2, -0.15) is 5.10 Å². The van der Waals surface area contributed by atoms with E-state index in [9.17, 15) is 4.79 Å². The van der Waals surface area contributed by atoms with Crippen molar-refractivity contribution in [1.29, 1.82) is 0 Å². The van der Waals surface area contributed by atoms with Gasteiger partial charge in [0.2, 0.25) is 0 Å². The maximum absolute atomic E-state index is 10.9. The van der Waals surface area contributed by atoms with Gasteiger partial charge in [0.1, 0.15) is 0 Å². The largest absolute Gasteiger partial charge is 0.476 e. The van der Waals surface area contributed by atoms with Crippen molar-refractivity contribution in [3.63, 3.8) is 0 Å². The van der Waals surface area contributed by atoms with Crippen LogP contribution in [0.4, 0.5) is 0 Å². The van der Waals surface area contributed by atoms with Gasteiger partial charge in [-0.1, -0.05) is 19.1 Å². The first-order valence-corrected chi connectivity index (χ1v) is 5.51. The summed E-state index contributed by atoms with van der Waals surface area (Å²) in [7, 11) is 0. The number of nitrogens with zero attached hydrogens (tertiary/aromatic N) is 2. The number of carboxylic acids is 1. The minimum Gasteiger partial charge on any atom is -0.476 e. The predicted octanol–water partition coefficient (Wildman–Crippen LogP) is 2.44. The van der Waals surface area contributed by atoms with Crippen LogP contribution in [0.1, 0.15) is 28.7 Å². The number of hydrogen-bond acceptors (Lipinski definition) is 2. The Bertz CT molecular complexity index is 558. The Morgan fingerprint density at radius 2 is 2.18 bits per heavy atom. The van der Waals surface area contributed by atoms with Crippen LogP contribution in [0.3, 0.4) is 0 Å². The fraction of sp³-hybridized carbons (Fsp3) is 0.231. The van der Waals surface area contributed by atoms with Crippen molar-refractivity contribution in [2.75, 3.05) is 0 Å². The number of hydrogen-bond donors (Lipinski definition) is 1. The highest BCUT2D eigenvalue weighted by Gasteiger charge is 2.13. The van der Waals surface area contributed by atoms with Crippen LogP contribution >= 0.6 is 0 Å². The minimum atomic E-state index is -0.994. The normalized spacial score (nSPS) is 10.5. The Balaban J connectivity index is 2.54. The Hall–Kier alpha value is -2.10. The quantitative estimate of drug-likeness (QED) is 0.881. The molecule has 88 valence electrons. The van der Waals surface area contributed by atoms with Crippen molar-refractivity contribution in [2.24, 2.45) is 0 Å². The second-order valence-electron chi connectivity index (χ2n) is 3.93. The molecule has 0 aliphatic carbocycles. The summed E-state index contributed by atoms with van der Waals surface area (Å²) in [5, 5.41) is 13.1. The summed E-state index contributed by atoms with van der Waals surface area (Å²) in [5.41, 5.74) is 3.00. The van der Waals surface area contributed by atoms with Crippen LogP contribution < -0.4 is 0 Å². The van der Waals surface area contributed by atoms with E-state index in [1.807, 2.05) is 38.1 Å². The Morgan fingerprint density at radius 3 is 2.76 bits per heavy atom. The average molecular weight is 230 g/mol. The van der Waals surface area contributed by atoms with E-state index in [0.29, 0.717) is 0 Å².